The van der Waals surface area contributed by atoms with E-state index < -0.39 is 17.8 Å². The highest BCUT2D eigenvalue weighted by molar-refractivity contribution is 7.16. The van der Waals surface area contributed by atoms with Crippen molar-refractivity contribution in [2.24, 2.45) is 5.73 Å². The number of benzene rings is 1. The molecule has 114 valence electrons. The number of hydrogen-bond donors (Lipinski definition) is 1. The molecule has 0 aliphatic heterocycles. The van der Waals surface area contributed by atoms with Gasteiger partial charge in [0.1, 0.15) is 11.9 Å². The Morgan fingerprint density at radius 3 is 2.19 bits per heavy atom. The first-order chi connectivity index (χ1) is 9.77. The highest BCUT2D eigenvalue weighted by Crippen LogP contribution is 2.34. The quantitative estimate of drug-likeness (QED) is 0.863. The van der Waals surface area contributed by atoms with E-state index in [0.29, 0.717) is 10.1 Å². The molecule has 0 aliphatic rings. The number of halogens is 4. The zero-order valence-corrected chi connectivity index (χ0v) is 12.6. The fourth-order valence-corrected chi connectivity index (χ4v) is 2.98. The molecule has 0 aliphatic carbocycles. The maximum Gasteiger partial charge on any atom is 0.416 e. The second-order valence-electron chi connectivity index (χ2n) is 4.56. The van der Waals surface area contributed by atoms with Crippen LogP contribution in [0.2, 0.25) is 4.34 Å². The summed E-state index contributed by atoms with van der Waals surface area (Å²) in [5, 5.41) is 0. The Hall–Kier alpha value is -1.24. The number of nitrogens with two attached hydrogens (primary N) is 1. The second kappa shape index (κ2) is 6.25. The fourth-order valence-electron chi connectivity index (χ4n) is 1.77. The SMILES string of the molecule is CC(N)C(Oc1ccc(C(F)(F)F)cc1)c1ccc(Cl)s1. The number of rotatable bonds is 4. The predicted molar refractivity (Wildman–Crippen MR) is 77.8 cm³/mol. The van der Waals surface area contributed by atoms with Gasteiger partial charge in [0.15, 0.2) is 0 Å². The maximum atomic E-state index is 12.5. The van der Waals surface area contributed by atoms with Crippen LogP contribution in [-0.2, 0) is 6.18 Å². The summed E-state index contributed by atoms with van der Waals surface area (Å²) < 4.78 is 43.8. The predicted octanol–water partition coefficient (Wildman–Crippen LogP) is 4.89. The molecule has 0 saturated carbocycles. The summed E-state index contributed by atoms with van der Waals surface area (Å²) >= 11 is 7.21. The van der Waals surface area contributed by atoms with Crippen LogP contribution in [0.1, 0.15) is 23.5 Å². The highest BCUT2D eigenvalue weighted by atomic mass is 35.5. The molecule has 1 aromatic carbocycles. The zero-order chi connectivity index (χ0) is 15.6. The summed E-state index contributed by atoms with van der Waals surface area (Å²) in [6.45, 7) is 1.77. The van der Waals surface area contributed by atoms with Gasteiger partial charge >= 0.3 is 6.18 Å². The standard InChI is InChI=1S/C14H13ClF3NOS/c1-8(19)13(11-6-7-12(15)21-11)20-10-4-2-9(3-5-10)14(16,17)18/h2-8,13H,19H2,1H3. The first-order valence-corrected chi connectivity index (χ1v) is 7.31. The third-order valence-corrected chi connectivity index (χ3v) is 4.09. The summed E-state index contributed by atoms with van der Waals surface area (Å²) in [6.07, 6.45) is -4.82. The van der Waals surface area contributed by atoms with E-state index in [2.05, 4.69) is 0 Å². The molecule has 1 heterocycles. The van der Waals surface area contributed by atoms with Crippen LogP contribution in [0.5, 0.6) is 5.75 Å². The van der Waals surface area contributed by atoms with Crippen LogP contribution in [0, 0.1) is 0 Å². The van der Waals surface area contributed by atoms with Gasteiger partial charge in [0.25, 0.3) is 0 Å². The van der Waals surface area contributed by atoms with Gasteiger partial charge in [-0.1, -0.05) is 11.6 Å². The Kier molecular flexibility index (Phi) is 4.81. The van der Waals surface area contributed by atoms with E-state index in [1.54, 1.807) is 19.1 Å². The minimum Gasteiger partial charge on any atom is -0.483 e. The van der Waals surface area contributed by atoms with Crippen LogP contribution in [0.25, 0.3) is 0 Å². The van der Waals surface area contributed by atoms with Gasteiger partial charge in [-0.2, -0.15) is 13.2 Å². The molecule has 0 spiro atoms. The monoisotopic (exact) mass is 335 g/mol. The average molecular weight is 336 g/mol. The lowest BCUT2D eigenvalue weighted by Crippen LogP contribution is -2.28. The van der Waals surface area contributed by atoms with Crippen molar-refractivity contribution in [3.63, 3.8) is 0 Å². The van der Waals surface area contributed by atoms with Crippen molar-refractivity contribution >= 4 is 22.9 Å². The molecular weight excluding hydrogens is 323 g/mol. The molecule has 7 heteroatoms. The van der Waals surface area contributed by atoms with Crippen molar-refractivity contribution in [3.05, 3.63) is 51.2 Å². The van der Waals surface area contributed by atoms with Gasteiger partial charge < -0.3 is 10.5 Å². The molecule has 2 rings (SSSR count). The summed E-state index contributed by atoms with van der Waals surface area (Å²) in [7, 11) is 0. The number of alkyl halides is 3. The van der Waals surface area contributed by atoms with Crippen LogP contribution < -0.4 is 10.5 Å². The summed E-state index contributed by atoms with van der Waals surface area (Å²) in [5.41, 5.74) is 5.17. The molecule has 2 N–H and O–H groups in total. The van der Waals surface area contributed by atoms with Gasteiger partial charge in [0.05, 0.1) is 9.90 Å². The van der Waals surface area contributed by atoms with Crippen molar-refractivity contribution in [2.75, 3.05) is 0 Å². The van der Waals surface area contributed by atoms with Crippen LogP contribution in [0.15, 0.2) is 36.4 Å². The molecule has 0 amide bonds. The molecule has 2 nitrogen and oxygen atoms in total. The number of ether oxygens (including phenoxy) is 1. The Balaban J connectivity index is 2.18. The minimum atomic E-state index is -4.36. The van der Waals surface area contributed by atoms with Gasteiger partial charge in [-0.15, -0.1) is 11.3 Å². The average Bonchev–Trinajstić information content (AvgIpc) is 2.81. The van der Waals surface area contributed by atoms with Gasteiger partial charge in [-0.25, -0.2) is 0 Å². The van der Waals surface area contributed by atoms with E-state index in [1.165, 1.54) is 23.5 Å². The zero-order valence-electron chi connectivity index (χ0n) is 11.0. The highest BCUT2D eigenvalue weighted by Gasteiger charge is 2.30. The molecule has 1 aromatic heterocycles. The van der Waals surface area contributed by atoms with Crippen molar-refractivity contribution in [3.8, 4) is 5.75 Å². The van der Waals surface area contributed by atoms with Gasteiger partial charge in [-0.05, 0) is 43.3 Å². The van der Waals surface area contributed by atoms with E-state index in [0.717, 1.165) is 17.0 Å². The van der Waals surface area contributed by atoms with Crippen LogP contribution in [0.4, 0.5) is 13.2 Å². The summed E-state index contributed by atoms with van der Waals surface area (Å²) in [6, 6.07) is 7.73. The lowest BCUT2D eigenvalue weighted by Gasteiger charge is -2.21. The maximum absolute atomic E-state index is 12.5. The fraction of sp³-hybridized carbons (Fsp3) is 0.286. The van der Waals surface area contributed by atoms with Crippen molar-refractivity contribution in [1.82, 2.24) is 0 Å². The van der Waals surface area contributed by atoms with Gasteiger partial charge in [0.2, 0.25) is 0 Å². The number of thiophene rings is 1. The lowest BCUT2D eigenvalue weighted by molar-refractivity contribution is -0.137. The van der Waals surface area contributed by atoms with E-state index in [-0.39, 0.29) is 6.04 Å². The Bertz CT molecular complexity index is 595. The van der Waals surface area contributed by atoms with E-state index in [4.69, 9.17) is 22.1 Å². The van der Waals surface area contributed by atoms with Crippen LogP contribution >= 0.6 is 22.9 Å². The van der Waals surface area contributed by atoms with Crippen LogP contribution in [-0.4, -0.2) is 6.04 Å². The molecule has 2 unspecified atom stereocenters. The first kappa shape index (κ1) is 16.1. The van der Waals surface area contributed by atoms with E-state index in [1.807, 2.05) is 0 Å². The summed E-state index contributed by atoms with van der Waals surface area (Å²) in [4.78, 5) is 0.829. The van der Waals surface area contributed by atoms with Crippen molar-refractivity contribution < 1.29 is 17.9 Å². The third-order valence-electron chi connectivity index (χ3n) is 2.80. The molecule has 0 bridgehead atoms. The second-order valence-corrected chi connectivity index (χ2v) is 6.31. The molecule has 0 radical (unpaired) electrons. The molecule has 0 saturated heterocycles. The molecule has 2 aromatic rings. The van der Waals surface area contributed by atoms with E-state index >= 15 is 0 Å². The first-order valence-electron chi connectivity index (χ1n) is 6.12. The molecule has 0 fully saturated rings. The Labute approximate surface area is 129 Å². The lowest BCUT2D eigenvalue weighted by atomic mass is 10.1. The molecule has 2 atom stereocenters. The topological polar surface area (TPSA) is 35.2 Å². The number of hydrogen-bond acceptors (Lipinski definition) is 3. The van der Waals surface area contributed by atoms with Crippen molar-refractivity contribution in [1.29, 1.82) is 0 Å². The largest absolute Gasteiger partial charge is 0.483 e. The van der Waals surface area contributed by atoms with Crippen LogP contribution in [0.3, 0.4) is 0 Å². The van der Waals surface area contributed by atoms with Gasteiger partial charge in [0, 0.05) is 10.9 Å². The smallest absolute Gasteiger partial charge is 0.416 e. The molecule has 21 heavy (non-hydrogen) atoms. The van der Waals surface area contributed by atoms with Gasteiger partial charge in [-0.3, -0.25) is 0 Å². The summed E-state index contributed by atoms with van der Waals surface area (Å²) in [5.74, 6) is 0.329. The Morgan fingerprint density at radius 1 is 1.14 bits per heavy atom. The normalized spacial score (nSPS) is 14.8. The Morgan fingerprint density at radius 2 is 1.76 bits per heavy atom. The minimum absolute atomic E-state index is 0.329. The molecular formula is C14H13ClF3NOS. The van der Waals surface area contributed by atoms with E-state index in [9.17, 15) is 13.2 Å². The third kappa shape index (κ3) is 4.12. The van der Waals surface area contributed by atoms with Crippen molar-refractivity contribution in [2.45, 2.75) is 25.2 Å².